The molecule has 1 aromatic rings. The number of carbonyl (C=O) groups excluding carboxylic acids is 1. The van der Waals surface area contributed by atoms with Crippen molar-refractivity contribution in [3.8, 4) is 5.75 Å². The number of rotatable bonds is 10. The Kier molecular flexibility index (Phi) is 9.34. The van der Waals surface area contributed by atoms with Gasteiger partial charge in [-0.3, -0.25) is 0 Å². The average molecular weight is 366 g/mol. The number of phenolic OH excluding ortho intramolecular Hbond substituents is 1. The van der Waals surface area contributed by atoms with Crippen LogP contribution in [0.1, 0.15) is 54.6 Å². The lowest BCUT2D eigenvalue weighted by molar-refractivity contribution is 0.0342. The van der Waals surface area contributed by atoms with E-state index < -0.39 is 24.3 Å². The fourth-order valence-electron chi connectivity index (χ4n) is 2.76. The first-order chi connectivity index (χ1) is 12.2. The van der Waals surface area contributed by atoms with E-state index in [0.29, 0.717) is 24.8 Å². The maximum absolute atomic E-state index is 12.5. The fraction of sp³-hybridized carbons (Fsp3) is 0.550. The second-order valence-electron chi connectivity index (χ2n) is 6.70. The van der Waals surface area contributed by atoms with Gasteiger partial charge < -0.3 is 25.2 Å². The standard InChI is InChI=1S/C20H30O6/c1-13-10-16(7-8-17(23)12-14(2)22)19(18(24)11-13)20(25)26-15(3)6-4-5-9-21/h4-5,10-11,14-15,17,21-24H,6-9,12H2,1-3H3/b5-4-. The molecule has 0 fully saturated rings. The molecule has 146 valence electrons. The van der Waals surface area contributed by atoms with Crippen LogP contribution in [-0.4, -0.2) is 51.3 Å². The normalized spacial score (nSPS) is 15.0. The monoisotopic (exact) mass is 366 g/mol. The van der Waals surface area contributed by atoms with Crippen LogP contribution in [0, 0.1) is 6.92 Å². The van der Waals surface area contributed by atoms with Gasteiger partial charge in [0.25, 0.3) is 0 Å². The number of carbonyl (C=O) groups is 1. The van der Waals surface area contributed by atoms with Crippen LogP contribution in [0.15, 0.2) is 24.3 Å². The molecule has 26 heavy (non-hydrogen) atoms. The first-order valence-corrected chi connectivity index (χ1v) is 8.90. The Morgan fingerprint density at radius 1 is 1.23 bits per heavy atom. The number of aromatic hydroxyl groups is 1. The van der Waals surface area contributed by atoms with Gasteiger partial charge in [-0.15, -0.1) is 0 Å². The van der Waals surface area contributed by atoms with Gasteiger partial charge in [-0.05, 0) is 57.2 Å². The van der Waals surface area contributed by atoms with Gasteiger partial charge in [-0.25, -0.2) is 4.79 Å². The van der Waals surface area contributed by atoms with Gasteiger partial charge in [0.1, 0.15) is 17.4 Å². The molecule has 0 aliphatic carbocycles. The molecule has 4 N–H and O–H groups in total. The molecule has 0 amide bonds. The topological polar surface area (TPSA) is 107 Å². The Labute approximate surface area is 154 Å². The van der Waals surface area contributed by atoms with E-state index in [1.165, 1.54) is 6.07 Å². The van der Waals surface area contributed by atoms with Crippen molar-refractivity contribution in [2.24, 2.45) is 0 Å². The molecular formula is C20H30O6. The fourth-order valence-corrected chi connectivity index (χ4v) is 2.76. The third-order valence-electron chi connectivity index (χ3n) is 3.96. The van der Waals surface area contributed by atoms with Crippen molar-refractivity contribution in [2.45, 2.75) is 64.8 Å². The summed E-state index contributed by atoms with van der Waals surface area (Å²) in [5, 5.41) is 38.3. The van der Waals surface area contributed by atoms with Crippen molar-refractivity contribution in [3.63, 3.8) is 0 Å². The van der Waals surface area contributed by atoms with Gasteiger partial charge >= 0.3 is 5.97 Å². The molecule has 0 aliphatic rings. The lowest BCUT2D eigenvalue weighted by atomic mass is 9.96. The molecule has 0 saturated carbocycles. The van der Waals surface area contributed by atoms with E-state index in [1.807, 2.05) is 6.92 Å². The number of aliphatic hydroxyl groups excluding tert-OH is 3. The van der Waals surface area contributed by atoms with Crippen LogP contribution in [-0.2, 0) is 11.2 Å². The summed E-state index contributed by atoms with van der Waals surface area (Å²) in [6, 6.07) is 3.30. The lowest BCUT2D eigenvalue weighted by Crippen LogP contribution is -2.18. The average Bonchev–Trinajstić information content (AvgIpc) is 2.51. The summed E-state index contributed by atoms with van der Waals surface area (Å²) in [5.74, 6) is -0.763. The molecule has 0 heterocycles. The quantitative estimate of drug-likeness (QED) is 0.374. The van der Waals surface area contributed by atoms with Gasteiger partial charge in [-0.1, -0.05) is 18.2 Å². The van der Waals surface area contributed by atoms with Crippen LogP contribution >= 0.6 is 0 Å². The highest BCUT2D eigenvalue weighted by atomic mass is 16.5. The van der Waals surface area contributed by atoms with Crippen molar-refractivity contribution >= 4 is 5.97 Å². The maximum atomic E-state index is 12.5. The van der Waals surface area contributed by atoms with Crippen LogP contribution in [0.4, 0.5) is 0 Å². The Hall–Kier alpha value is -1.89. The molecule has 0 radical (unpaired) electrons. The summed E-state index contributed by atoms with van der Waals surface area (Å²) in [4.78, 5) is 12.5. The van der Waals surface area contributed by atoms with Crippen molar-refractivity contribution in [2.75, 3.05) is 6.61 Å². The summed E-state index contributed by atoms with van der Waals surface area (Å²) in [6.07, 6.45) is 3.06. The Morgan fingerprint density at radius 3 is 2.54 bits per heavy atom. The third-order valence-corrected chi connectivity index (χ3v) is 3.96. The number of hydrogen-bond acceptors (Lipinski definition) is 6. The van der Waals surface area contributed by atoms with E-state index in [1.54, 1.807) is 32.1 Å². The first-order valence-electron chi connectivity index (χ1n) is 8.90. The second-order valence-corrected chi connectivity index (χ2v) is 6.70. The van der Waals surface area contributed by atoms with Crippen LogP contribution < -0.4 is 0 Å². The Balaban J connectivity index is 2.88. The minimum absolute atomic E-state index is 0.0711. The highest BCUT2D eigenvalue weighted by molar-refractivity contribution is 5.94. The summed E-state index contributed by atoms with van der Waals surface area (Å²) in [5.41, 5.74) is 1.52. The van der Waals surface area contributed by atoms with E-state index in [9.17, 15) is 20.1 Å². The summed E-state index contributed by atoms with van der Waals surface area (Å²) < 4.78 is 5.38. The van der Waals surface area contributed by atoms with Crippen molar-refractivity contribution in [1.29, 1.82) is 0 Å². The molecule has 0 bridgehead atoms. The van der Waals surface area contributed by atoms with Gasteiger partial charge in [0.05, 0.1) is 18.8 Å². The van der Waals surface area contributed by atoms with Crippen LogP contribution in [0.5, 0.6) is 5.75 Å². The molecule has 6 heteroatoms. The zero-order chi connectivity index (χ0) is 19.7. The molecule has 3 unspecified atom stereocenters. The number of esters is 1. The zero-order valence-electron chi connectivity index (χ0n) is 15.7. The lowest BCUT2D eigenvalue weighted by Gasteiger charge is -2.17. The summed E-state index contributed by atoms with van der Waals surface area (Å²) in [6.45, 7) is 5.08. The second kappa shape index (κ2) is 11.0. The van der Waals surface area contributed by atoms with Crippen LogP contribution in [0.2, 0.25) is 0 Å². The third kappa shape index (κ3) is 7.56. The number of benzene rings is 1. The zero-order valence-corrected chi connectivity index (χ0v) is 15.7. The van der Waals surface area contributed by atoms with Gasteiger partial charge in [0.15, 0.2) is 0 Å². The number of aliphatic hydroxyl groups is 3. The SMILES string of the molecule is Cc1cc(O)c(C(=O)OC(C)C/C=C\CO)c(CCC(O)CC(C)O)c1. The van der Waals surface area contributed by atoms with E-state index in [2.05, 4.69) is 0 Å². The Morgan fingerprint density at radius 2 is 1.92 bits per heavy atom. The molecule has 0 aromatic heterocycles. The molecule has 0 aliphatic heterocycles. The van der Waals surface area contributed by atoms with E-state index in [4.69, 9.17) is 9.84 Å². The van der Waals surface area contributed by atoms with E-state index >= 15 is 0 Å². The molecule has 1 aromatic carbocycles. The van der Waals surface area contributed by atoms with Gasteiger partial charge in [0.2, 0.25) is 0 Å². The molecular weight excluding hydrogens is 336 g/mol. The van der Waals surface area contributed by atoms with Crippen LogP contribution in [0.3, 0.4) is 0 Å². The smallest absolute Gasteiger partial charge is 0.342 e. The molecule has 1 rings (SSSR count). The highest BCUT2D eigenvalue weighted by Gasteiger charge is 2.21. The summed E-state index contributed by atoms with van der Waals surface area (Å²) >= 11 is 0. The number of phenols is 1. The number of hydrogen-bond donors (Lipinski definition) is 4. The van der Waals surface area contributed by atoms with Crippen LogP contribution in [0.25, 0.3) is 0 Å². The molecule has 6 nitrogen and oxygen atoms in total. The van der Waals surface area contributed by atoms with Crippen molar-refractivity contribution < 1.29 is 30.0 Å². The van der Waals surface area contributed by atoms with Gasteiger partial charge in [0, 0.05) is 6.42 Å². The molecule has 0 saturated heterocycles. The largest absolute Gasteiger partial charge is 0.507 e. The minimum atomic E-state index is -0.691. The summed E-state index contributed by atoms with van der Waals surface area (Å²) in [7, 11) is 0. The molecule has 3 atom stereocenters. The number of aryl methyl sites for hydroxylation is 2. The van der Waals surface area contributed by atoms with E-state index in [0.717, 1.165) is 5.56 Å². The minimum Gasteiger partial charge on any atom is -0.507 e. The maximum Gasteiger partial charge on any atom is 0.342 e. The van der Waals surface area contributed by atoms with Gasteiger partial charge in [-0.2, -0.15) is 0 Å². The first kappa shape index (κ1) is 22.2. The molecule has 0 spiro atoms. The number of ether oxygens (including phenoxy) is 1. The van der Waals surface area contributed by atoms with Crippen molar-refractivity contribution in [3.05, 3.63) is 41.0 Å². The Bertz CT molecular complexity index is 609. The van der Waals surface area contributed by atoms with Crippen molar-refractivity contribution in [1.82, 2.24) is 0 Å². The highest BCUT2D eigenvalue weighted by Crippen LogP contribution is 2.27. The van der Waals surface area contributed by atoms with E-state index in [-0.39, 0.29) is 24.3 Å². The predicted octanol–water partition coefficient (Wildman–Crippen LogP) is 2.25. The predicted molar refractivity (Wildman–Crippen MR) is 99.2 cm³/mol.